The first-order valence-corrected chi connectivity index (χ1v) is 12.5. The van der Waals surface area contributed by atoms with Gasteiger partial charge in [-0.15, -0.1) is 0 Å². The van der Waals surface area contributed by atoms with Gasteiger partial charge in [-0.25, -0.2) is 0 Å². The molecular weight excluding hydrogens is 472 g/mol. The molecule has 3 aromatic rings. The highest BCUT2D eigenvalue weighted by molar-refractivity contribution is 5.94. The molecule has 1 fully saturated rings. The van der Waals surface area contributed by atoms with Gasteiger partial charge in [-0.3, -0.25) is 29.7 Å². The van der Waals surface area contributed by atoms with E-state index < -0.39 is 4.92 Å². The van der Waals surface area contributed by atoms with E-state index in [1.165, 1.54) is 17.2 Å². The number of nitrogens with one attached hydrogen (secondary N) is 1. The number of aromatic amines is 1. The topological polar surface area (TPSA) is 116 Å². The maximum absolute atomic E-state index is 13.4. The number of carbonyl (C=O) groups excluding carboxylic acids is 2. The third-order valence-electron chi connectivity index (χ3n) is 7.21. The van der Waals surface area contributed by atoms with Crippen LogP contribution in [-0.4, -0.2) is 74.4 Å². The molecule has 192 valence electrons. The molecule has 10 heteroatoms. The van der Waals surface area contributed by atoms with Gasteiger partial charge in [-0.05, 0) is 12.5 Å². The molecule has 0 atom stereocenters. The number of hydrogen-bond donors (Lipinski definition) is 1. The molecule has 1 saturated heterocycles. The fraction of sp³-hybridized carbons (Fsp3) is 0.370. The number of amides is 2. The lowest BCUT2D eigenvalue weighted by molar-refractivity contribution is -0.385. The van der Waals surface area contributed by atoms with Crippen LogP contribution in [0.4, 0.5) is 5.69 Å². The summed E-state index contributed by atoms with van der Waals surface area (Å²) in [7, 11) is 0. The highest BCUT2D eigenvalue weighted by Gasteiger charge is 2.31. The van der Waals surface area contributed by atoms with E-state index >= 15 is 0 Å². The number of carbonyl (C=O) groups is 2. The highest BCUT2D eigenvalue weighted by atomic mass is 16.6. The van der Waals surface area contributed by atoms with E-state index in [-0.39, 0.29) is 30.5 Å². The van der Waals surface area contributed by atoms with Crippen molar-refractivity contribution in [3.63, 3.8) is 0 Å². The van der Waals surface area contributed by atoms with Gasteiger partial charge in [0, 0.05) is 75.1 Å². The van der Waals surface area contributed by atoms with E-state index in [1.807, 2.05) is 4.90 Å². The Morgan fingerprint density at radius 1 is 1.00 bits per heavy atom. The lowest BCUT2D eigenvalue weighted by atomic mass is 10.0. The quantitative estimate of drug-likeness (QED) is 0.409. The lowest BCUT2D eigenvalue weighted by Gasteiger charge is -2.35. The first kappa shape index (κ1) is 24.6. The molecule has 0 saturated carbocycles. The van der Waals surface area contributed by atoms with Crippen LogP contribution in [0.2, 0.25) is 0 Å². The number of H-pyrrole nitrogens is 1. The zero-order valence-electron chi connectivity index (χ0n) is 20.9. The Morgan fingerprint density at radius 2 is 1.73 bits per heavy atom. The van der Waals surface area contributed by atoms with Crippen molar-refractivity contribution in [3.05, 3.63) is 92.3 Å². The Bertz CT molecular complexity index is 1310. The molecule has 2 aliphatic rings. The summed E-state index contributed by atoms with van der Waals surface area (Å²) in [5, 5.41) is 18.6. The number of piperazine rings is 1. The second kappa shape index (κ2) is 10.5. The number of nitro benzene ring substituents is 1. The second-order valence-corrected chi connectivity index (χ2v) is 9.71. The van der Waals surface area contributed by atoms with Crippen molar-refractivity contribution in [3.8, 4) is 0 Å². The largest absolute Gasteiger partial charge is 0.338 e. The Hall–Kier alpha value is -4.05. The number of para-hydroxylation sites is 1. The average molecular weight is 503 g/mol. The Balaban J connectivity index is 1.21. The minimum atomic E-state index is -0.468. The SMILES string of the molecule is Cc1ccc(CN2CCN(C(=O)c3n[nH]c4c3CN(C(=O)Cc3ccccc3[N+](=O)[O-])CC4)CC2)cc1. The third kappa shape index (κ3) is 5.39. The number of benzene rings is 2. The van der Waals surface area contributed by atoms with Crippen molar-refractivity contribution in [2.24, 2.45) is 0 Å². The number of aromatic nitrogens is 2. The summed E-state index contributed by atoms with van der Waals surface area (Å²) < 4.78 is 0. The van der Waals surface area contributed by atoms with Gasteiger partial charge in [0.25, 0.3) is 11.6 Å². The van der Waals surface area contributed by atoms with Crippen LogP contribution in [0.3, 0.4) is 0 Å². The number of fused-ring (bicyclic) bond motifs is 1. The maximum atomic E-state index is 13.4. The fourth-order valence-corrected chi connectivity index (χ4v) is 5.01. The first-order chi connectivity index (χ1) is 17.9. The van der Waals surface area contributed by atoms with E-state index in [2.05, 4.69) is 46.3 Å². The van der Waals surface area contributed by atoms with Crippen molar-refractivity contribution in [2.75, 3.05) is 32.7 Å². The number of hydrogen-bond acceptors (Lipinski definition) is 6. The summed E-state index contributed by atoms with van der Waals surface area (Å²) in [6.07, 6.45) is 0.499. The van der Waals surface area contributed by atoms with Crippen LogP contribution in [-0.2, 0) is 30.7 Å². The molecule has 2 amide bonds. The van der Waals surface area contributed by atoms with E-state index in [1.54, 1.807) is 23.1 Å². The summed E-state index contributed by atoms with van der Waals surface area (Å²) >= 11 is 0. The molecule has 0 aliphatic carbocycles. The van der Waals surface area contributed by atoms with E-state index in [9.17, 15) is 19.7 Å². The molecule has 3 heterocycles. The van der Waals surface area contributed by atoms with Crippen molar-refractivity contribution < 1.29 is 14.5 Å². The van der Waals surface area contributed by atoms with E-state index in [0.717, 1.165) is 30.9 Å². The van der Waals surface area contributed by atoms with Crippen LogP contribution in [0.5, 0.6) is 0 Å². The molecule has 0 radical (unpaired) electrons. The molecule has 0 bridgehead atoms. The minimum Gasteiger partial charge on any atom is -0.338 e. The van der Waals surface area contributed by atoms with Gasteiger partial charge < -0.3 is 9.80 Å². The van der Waals surface area contributed by atoms with Crippen molar-refractivity contribution >= 4 is 17.5 Å². The number of rotatable bonds is 6. The molecule has 2 aliphatic heterocycles. The van der Waals surface area contributed by atoms with E-state index in [4.69, 9.17) is 0 Å². The van der Waals surface area contributed by atoms with Crippen LogP contribution < -0.4 is 0 Å². The summed E-state index contributed by atoms with van der Waals surface area (Å²) in [5.41, 5.74) is 4.81. The van der Waals surface area contributed by atoms with E-state index in [0.29, 0.717) is 37.3 Å². The normalized spacial score (nSPS) is 15.9. The monoisotopic (exact) mass is 502 g/mol. The molecule has 10 nitrogen and oxygen atoms in total. The van der Waals surface area contributed by atoms with Gasteiger partial charge in [0.15, 0.2) is 5.69 Å². The average Bonchev–Trinajstić information content (AvgIpc) is 3.33. The van der Waals surface area contributed by atoms with Crippen LogP contribution in [0, 0.1) is 17.0 Å². The van der Waals surface area contributed by atoms with Gasteiger partial charge in [0.2, 0.25) is 5.91 Å². The minimum absolute atomic E-state index is 0.0590. The van der Waals surface area contributed by atoms with Crippen molar-refractivity contribution in [1.82, 2.24) is 24.9 Å². The fourth-order valence-electron chi connectivity index (χ4n) is 5.01. The number of nitro groups is 1. The second-order valence-electron chi connectivity index (χ2n) is 9.71. The van der Waals surface area contributed by atoms with Crippen LogP contribution >= 0.6 is 0 Å². The molecule has 0 unspecified atom stereocenters. The number of aryl methyl sites for hydroxylation is 1. The predicted octanol–water partition coefficient (Wildman–Crippen LogP) is 2.71. The van der Waals surface area contributed by atoms with Crippen LogP contribution in [0.1, 0.15) is 38.4 Å². The lowest BCUT2D eigenvalue weighted by Crippen LogP contribution is -2.48. The van der Waals surface area contributed by atoms with Gasteiger partial charge in [-0.1, -0.05) is 48.0 Å². The molecule has 2 aromatic carbocycles. The Labute approximate surface area is 215 Å². The Kier molecular flexibility index (Phi) is 7.00. The van der Waals surface area contributed by atoms with Crippen molar-refractivity contribution in [1.29, 1.82) is 0 Å². The highest BCUT2D eigenvalue weighted by Crippen LogP contribution is 2.24. The standard InChI is InChI=1S/C27H30N6O4/c1-19-6-8-20(9-7-19)17-30-12-14-31(15-13-30)27(35)26-22-18-32(11-10-23(22)28-29-26)25(34)16-21-4-2-3-5-24(21)33(36)37/h2-9H,10-18H2,1H3,(H,28,29). The zero-order chi connectivity index (χ0) is 25.9. The first-order valence-electron chi connectivity index (χ1n) is 12.5. The summed E-state index contributed by atoms with van der Waals surface area (Å²) in [6.45, 7) is 6.47. The third-order valence-corrected chi connectivity index (χ3v) is 7.21. The smallest absolute Gasteiger partial charge is 0.274 e. The zero-order valence-corrected chi connectivity index (χ0v) is 20.9. The molecule has 5 rings (SSSR count). The van der Waals surface area contributed by atoms with Crippen LogP contribution in [0.25, 0.3) is 0 Å². The summed E-state index contributed by atoms with van der Waals surface area (Å²) in [6, 6.07) is 14.8. The van der Waals surface area contributed by atoms with Gasteiger partial charge in [0.1, 0.15) is 0 Å². The molecular formula is C27H30N6O4. The summed E-state index contributed by atoms with van der Waals surface area (Å²) in [4.78, 5) is 43.1. The molecule has 37 heavy (non-hydrogen) atoms. The van der Waals surface area contributed by atoms with Crippen LogP contribution in [0.15, 0.2) is 48.5 Å². The van der Waals surface area contributed by atoms with Crippen molar-refractivity contribution in [2.45, 2.75) is 32.9 Å². The molecule has 0 spiro atoms. The molecule has 1 aromatic heterocycles. The van der Waals surface area contributed by atoms with Gasteiger partial charge >= 0.3 is 0 Å². The van der Waals surface area contributed by atoms with Gasteiger partial charge in [-0.2, -0.15) is 5.10 Å². The maximum Gasteiger partial charge on any atom is 0.274 e. The summed E-state index contributed by atoms with van der Waals surface area (Å²) in [5.74, 6) is -0.329. The van der Waals surface area contributed by atoms with Gasteiger partial charge in [0.05, 0.1) is 11.3 Å². The molecule has 1 N–H and O–H groups in total. The predicted molar refractivity (Wildman–Crippen MR) is 137 cm³/mol. The number of nitrogens with zero attached hydrogens (tertiary/aromatic N) is 5. The Morgan fingerprint density at radius 3 is 2.46 bits per heavy atom.